The van der Waals surface area contributed by atoms with E-state index in [1.54, 1.807) is 0 Å². The first-order chi connectivity index (χ1) is 9.70. The number of nitrogens with one attached hydrogen (secondary N) is 1. The normalized spacial score (nSPS) is 21.7. The van der Waals surface area contributed by atoms with Crippen LogP contribution >= 0.6 is 11.6 Å². The van der Waals surface area contributed by atoms with E-state index in [0.29, 0.717) is 6.10 Å². The van der Waals surface area contributed by atoms with Crippen molar-refractivity contribution in [3.05, 3.63) is 28.8 Å². The fraction of sp³-hybridized carbons (Fsp3) is 0.625. The topological polar surface area (TPSA) is 24.5 Å². The molecule has 0 radical (unpaired) electrons. The highest BCUT2D eigenvalue weighted by Gasteiger charge is 2.25. The summed E-state index contributed by atoms with van der Waals surface area (Å²) in [6.07, 6.45) is 3.97. The predicted octanol–water partition coefficient (Wildman–Crippen LogP) is 2.57. The predicted molar refractivity (Wildman–Crippen MR) is 82.7 cm³/mol. The van der Waals surface area contributed by atoms with Gasteiger partial charge in [0.05, 0.1) is 5.02 Å². The van der Waals surface area contributed by atoms with Crippen molar-refractivity contribution in [3.8, 4) is 5.75 Å². The number of nitrogens with zero attached hydrogens (tertiary/aromatic N) is 1. The molecule has 1 N–H and O–H groups in total. The van der Waals surface area contributed by atoms with E-state index < -0.39 is 0 Å². The van der Waals surface area contributed by atoms with Gasteiger partial charge >= 0.3 is 0 Å². The molecule has 2 aliphatic rings. The minimum absolute atomic E-state index is 0.299. The molecule has 2 fully saturated rings. The summed E-state index contributed by atoms with van der Waals surface area (Å²) in [6, 6.07) is 6.30. The van der Waals surface area contributed by atoms with E-state index >= 15 is 0 Å². The van der Waals surface area contributed by atoms with Crippen LogP contribution in [0.2, 0.25) is 5.02 Å². The average molecular weight is 295 g/mol. The van der Waals surface area contributed by atoms with Crippen LogP contribution in [0.25, 0.3) is 0 Å². The molecule has 0 atom stereocenters. The molecule has 2 aliphatic heterocycles. The molecular formula is C16H23ClN2O. The van der Waals surface area contributed by atoms with Gasteiger partial charge in [0.25, 0.3) is 0 Å². The lowest BCUT2D eigenvalue weighted by molar-refractivity contribution is 0.0389. The van der Waals surface area contributed by atoms with Gasteiger partial charge in [0.1, 0.15) is 11.9 Å². The van der Waals surface area contributed by atoms with Gasteiger partial charge in [0.2, 0.25) is 0 Å². The molecule has 0 amide bonds. The molecule has 3 rings (SSSR count). The zero-order valence-electron chi connectivity index (χ0n) is 12.1. The van der Waals surface area contributed by atoms with Crippen molar-refractivity contribution >= 4 is 11.6 Å². The first-order valence-corrected chi connectivity index (χ1v) is 7.93. The van der Waals surface area contributed by atoms with Crippen molar-refractivity contribution in [1.29, 1.82) is 0 Å². The molecule has 0 aliphatic carbocycles. The van der Waals surface area contributed by atoms with E-state index in [2.05, 4.69) is 29.4 Å². The summed E-state index contributed by atoms with van der Waals surface area (Å²) in [5.74, 6) is 1.62. The largest absolute Gasteiger partial charge is 0.486 e. The molecule has 0 unspecified atom stereocenters. The van der Waals surface area contributed by atoms with E-state index in [1.165, 1.54) is 18.4 Å². The van der Waals surface area contributed by atoms with Gasteiger partial charge in [0.15, 0.2) is 0 Å². The summed E-state index contributed by atoms with van der Waals surface area (Å²) in [6.45, 7) is 4.28. The number of halogens is 1. The Balaban J connectivity index is 1.58. The Morgan fingerprint density at radius 1 is 1.30 bits per heavy atom. The minimum atomic E-state index is 0.299. The van der Waals surface area contributed by atoms with Crippen molar-refractivity contribution in [2.45, 2.75) is 25.4 Å². The molecule has 0 aromatic heterocycles. The smallest absolute Gasteiger partial charge is 0.138 e. The highest BCUT2D eigenvalue weighted by atomic mass is 35.5. The Morgan fingerprint density at radius 3 is 2.70 bits per heavy atom. The number of hydrogen-bond donors (Lipinski definition) is 1. The van der Waals surface area contributed by atoms with Gasteiger partial charge < -0.3 is 10.1 Å². The molecule has 0 bridgehead atoms. The fourth-order valence-corrected chi connectivity index (χ4v) is 3.33. The summed E-state index contributed by atoms with van der Waals surface area (Å²) in [4.78, 5) is 2.24. The van der Waals surface area contributed by atoms with Crippen molar-refractivity contribution in [3.63, 3.8) is 0 Å². The second kappa shape index (κ2) is 6.33. The standard InChI is InChI=1S/C16H23ClN2O/c1-19-10-14(11-19)20-16-3-2-13(9-15(16)17)8-12-4-6-18-7-5-12/h2-3,9,12,14,18H,4-8,10-11H2,1H3. The molecule has 2 saturated heterocycles. The number of likely N-dealkylation sites (N-methyl/N-ethyl adjacent to an activating group) is 1. The maximum Gasteiger partial charge on any atom is 0.138 e. The molecule has 4 heteroatoms. The van der Waals surface area contributed by atoms with Gasteiger partial charge in [-0.2, -0.15) is 0 Å². The second-order valence-electron chi connectivity index (χ2n) is 6.12. The Bertz CT molecular complexity index is 454. The fourth-order valence-electron chi connectivity index (χ4n) is 3.08. The highest BCUT2D eigenvalue weighted by Crippen LogP contribution is 2.29. The van der Waals surface area contributed by atoms with Crippen LogP contribution < -0.4 is 10.1 Å². The Kier molecular flexibility index (Phi) is 4.49. The summed E-state index contributed by atoms with van der Waals surface area (Å²) >= 11 is 6.36. The van der Waals surface area contributed by atoms with Gasteiger partial charge in [-0.25, -0.2) is 0 Å². The third kappa shape index (κ3) is 3.46. The SMILES string of the molecule is CN1CC(Oc2ccc(CC3CCNCC3)cc2Cl)C1. The van der Waals surface area contributed by atoms with Crippen LogP contribution in [0.15, 0.2) is 18.2 Å². The quantitative estimate of drug-likeness (QED) is 0.924. The second-order valence-corrected chi connectivity index (χ2v) is 6.53. The zero-order chi connectivity index (χ0) is 13.9. The lowest BCUT2D eigenvalue weighted by Crippen LogP contribution is -2.51. The van der Waals surface area contributed by atoms with Gasteiger partial charge in [-0.05, 0) is 63.0 Å². The molecule has 0 saturated carbocycles. The van der Waals surface area contributed by atoms with Crippen LogP contribution in [0.4, 0.5) is 0 Å². The van der Waals surface area contributed by atoms with Crippen LogP contribution in [0, 0.1) is 5.92 Å². The average Bonchev–Trinajstić information content (AvgIpc) is 2.41. The number of rotatable bonds is 4. The van der Waals surface area contributed by atoms with Gasteiger partial charge in [-0.3, -0.25) is 4.90 Å². The molecular weight excluding hydrogens is 272 g/mol. The third-order valence-corrected chi connectivity index (χ3v) is 4.60. The number of hydrogen-bond acceptors (Lipinski definition) is 3. The van der Waals surface area contributed by atoms with Crippen LogP contribution in [0.1, 0.15) is 18.4 Å². The number of benzene rings is 1. The van der Waals surface area contributed by atoms with Gasteiger partial charge in [-0.15, -0.1) is 0 Å². The first kappa shape index (κ1) is 14.2. The molecule has 1 aromatic carbocycles. The molecule has 1 aromatic rings. The van der Waals surface area contributed by atoms with Crippen molar-refractivity contribution in [2.75, 3.05) is 33.2 Å². The Labute approximate surface area is 126 Å². The molecule has 110 valence electrons. The molecule has 3 nitrogen and oxygen atoms in total. The van der Waals surface area contributed by atoms with E-state index in [0.717, 1.165) is 49.3 Å². The summed E-state index contributed by atoms with van der Waals surface area (Å²) < 4.78 is 5.91. The number of ether oxygens (including phenoxy) is 1. The maximum absolute atomic E-state index is 6.36. The van der Waals surface area contributed by atoms with Crippen LogP contribution in [-0.4, -0.2) is 44.2 Å². The first-order valence-electron chi connectivity index (χ1n) is 7.55. The molecule has 20 heavy (non-hydrogen) atoms. The van der Waals surface area contributed by atoms with E-state index in [-0.39, 0.29) is 0 Å². The van der Waals surface area contributed by atoms with Crippen molar-refractivity contribution < 1.29 is 4.74 Å². The van der Waals surface area contributed by atoms with E-state index in [9.17, 15) is 0 Å². The summed E-state index contributed by atoms with van der Waals surface area (Å²) in [7, 11) is 2.10. The zero-order valence-corrected chi connectivity index (χ0v) is 12.8. The molecule has 0 spiro atoms. The molecule has 2 heterocycles. The minimum Gasteiger partial charge on any atom is -0.486 e. The third-order valence-electron chi connectivity index (χ3n) is 4.30. The van der Waals surface area contributed by atoms with E-state index in [1.807, 2.05) is 6.07 Å². The highest BCUT2D eigenvalue weighted by molar-refractivity contribution is 6.32. The van der Waals surface area contributed by atoms with E-state index in [4.69, 9.17) is 16.3 Å². The monoisotopic (exact) mass is 294 g/mol. The van der Waals surface area contributed by atoms with Crippen LogP contribution in [0.3, 0.4) is 0 Å². The van der Waals surface area contributed by atoms with Crippen LogP contribution in [0.5, 0.6) is 5.75 Å². The lowest BCUT2D eigenvalue weighted by Gasteiger charge is -2.36. The lowest BCUT2D eigenvalue weighted by atomic mass is 9.91. The Hall–Kier alpha value is -0.770. The van der Waals surface area contributed by atoms with Crippen molar-refractivity contribution in [1.82, 2.24) is 10.2 Å². The van der Waals surface area contributed by atoms with Gasteiger partial charge in [0, 0.05) is 13.1 Å². The summed E-state index contributed by atoms with van der Waals surface area (Å²) in [5, 5.41) is 4.16. The number of piperidine rings is 1. The van der Waals surface area contributed by atoms with Gasteiger partial charge in [-0.1, -0.05) is 17.7 Å². The Morgan fingerprint density at radius 2 is 2.05 bits per heavy atom. The van der Waals surface area contributed by atoms with Crippen LogP contribution in [-0.2, 0) is 6.42 Å². The summed E-state index contributed by atoms with van der Waals surface area (Å²) in [5.41, 5.74) is 1.33. The van der Waals surface area contributed by atoms with Crippen molar-refractivity contribution in [2.24, 2.45) is 5.92 Å². The maximum atomic E-state index is 6.36. The number of likely N-dealkylation sites (tertiary alicyclic amines) is 1.